The lowest BCUT2D eigenvalue weighted by molar-refractivity contribution is 0.741. The molecule has 0 bridgehead atoms. The average molecular weight is 267 g/mol. The van der Waals surface area contributed by atoms with Gasteiger partial charge < -0.3 is 9.88 Å². The van der Waals surface area contributed by atoms with Crippen molar-refractivity contribution >= 4 is 26.8 Å². The zero-order chi connectivity index (χ0) is 11.0. The molecule has 0 saturated heterocycles. The lowest BCUT2D eigenvalue weighted by Crippen LogP contribution is -2.09. The van der Waals surface area contributed by atoms with Gasteiger partial charge in [0.2, 0.25) is 0 Å². The number of rotatable bonds is 2. The Morgan fingerprint density at radius 1 is 1.40 bits per heavy atom. The van der Waals surface area contributed by atoms with E-state index in [2.05, 4.69) is 58.0 Å². The monoisotopic (exact) mass is 266 g/mol. The van der Waals surface area contributed by atoms with Gasteiger partial charge in [-0.3, -0.25) is 0 Å². The van der Waals surface area contributed by atoms with Crippen LogP contribution in [0, 0.1) is 6.92 Å². The van der Waals surface area contributed by atoms with Gasteiger partial charge in [0.25, 0.3) is 0 Å². The van der Waals surface area contributed by atoms with E-state index in [4.69, 9.17) is 0 Å². The second kappa shape index (κ2) is 3.99. The standard InChI is InChI=1S/C12H15BrN2/c1-8-4-5-9-10(6-8)15(3)11(7-14-2)12(9)13/h4-6,14H,7H2,1-3H3. The zero-order valence-electron chi connectivity index (χ0n) is 9.26. The molecule has 2 nitrogen and oxygen atoms in total. The molecule has 15 heavy (non-hydrogen) atoms. The third-order valence-corrected chi connectivity index (χ3v) is 3.64. The first-order chi connectivity index (χ1) is 7.15. The summed E-state index contributed by atoms with van der Waals surface area (Å²) in [5.74, 6) is 0. The van der Waals surface area contributed by atoms with Crippen LogP contribution in [0.15, 0.2) is 22.7 Å². The summed E-state index contributed by atoms with van der Waals surface area (Å²) in [7, 11) is 4.08. The van der Waals surface area contributed by atoms with Gasteiger partial charge in [-0.05, 0) is 41.5 Å². The first-order valence-corrected chi connectivity index (χ1v) is 5.82. The van der Waals surface area contributed by atoms with E-state index >= 15 is 0 Å². The van der Waals surface area contributed by atoms with Crippen LogP contribution in [0.3, 0.4) is 0 Å². The maximum absolute atomic E-state index is 3.67. The first-order valence-electron chi connectivity index (χ1n) is 5.03. The molecule has 0 spiro atoms. The van der Waals surface area contributed by atoms with Crippen LogP contribution in [0.5, 0.6) is 0 Å². The van der Waals surface area contributed by atoms with E-state index in [0.717, 1.165) is 6.54 Å². The molecule has 0 unspecified atom stereocenters. The number of nitrogens with one attached hydrogen (secondary N) is 1. The molecule has 3 heteroatoms. The normalized spacial score (nSPS) is 11.2. The fourth-order valence-electron chi connectivity index (χ4n) is 1.92. The molecule has 0 aliphatic rings. The van der Waals surface area contributed by atoms with Crippen molar-refractivity contribution in [1.29, 1.82) is 0 Å². The number of halogens is 1. The Morgan fingerprint density at radius 3 is 2.80 bits per heavy atom. The Morgan fingerprint density at radius 2 is 2.13 bits per heavy atom. The molecular weight excluding hydrogens is 252 g/mol. The lowest BCUT2D eigenvalue weighted by atomic mass is 10.2. The summed E-state index contributed by atoms with van der Waals surface area (Å²) in [6.45, 7) is 3.00. The minimum absolute atomic E-state index is 0.880. The van der Waals surface area contributed by atoms with Gasteiger partial charge in [0.15, 0.2) is 0 Å². The Kier molecular flexibility index (Phi) is 2.85. The molecule has 80 valence electrons. The molecule has 1 aromatic heterocycles. The highest BCUT2D eigenvalue weighted by atomic mass is 79.9. The van der Waals surface area contributed by atoms with Crippen LogP contribution >= 0.6 is 15.9 Å². The molecule has 1 heterocycles. The number of aromatic nitrogens is 1. The van der Waals surface area contributed by atoms with Crippen molar-refractivity contribution in [3.8, 4) is 0 Å². The SMILES string of the molecule is CNCc1c(Br)c2ccc(C)cc2n1C. The summed E-state index contributed by atoms with van der Waals surface area (Å²) in [6.07, 6.45) is 0. The van der Waals surface area contributed by atoms with E-state index in [9.17, 15) is 0 Å². The predicted octanol–water partition coefficient (Wildman–Crippen LogP) is 2.97. The molecule has 0 fully saturated rings. The van der Waals surface area contributed by atoms with Crippen molar-refractivity contribution in [1.82, 2.24) is 9.88 Å². The van der Waals surface area contributed by atoms with Crippen LogP contribution in [0.4, 0.5) is 0 Å². The Balaban J connectivity index is 2.73. The fraction of sp³-hybridized carbons (Fsp3) is 0.333. The first kappa shape index (κ1) is 10.7. The van der Waals surface area contributed by atoms with Gasteiger partial charge in [-0.1, -0.05) is 12.1 Å². The molecule has 0 saturated carbocycles. The van der Waals surface area contributed by atoms with Crippen LogP contribution in [-0.4, -0.2) is 11.6 Å². The van der Waals surface area contributed by atoms with Crippen LogP contribution in [0.1, 0.15) is 11.3 Å². The molecule has 0 radical (unpaired) electrons. The van der Waals surface area contributed by atoms with Crippen molar-refractivity contribution in [3.63, 3.8) is 0 Å². The third-order valence-electron chi connectivity index (χ3n) is 2.75. The van der Waals surface area contributed by atoms with Gasteiger partial charge in [0, 0.05) is 34.7 Å². The summed E-state index contributed by atoms with van der Waals surface area (Å²) in [5.41, 5.74) is 3.87. The zero-order valence-corrected chi connectivity index (χ0v) is 10.9. The number of benzene rings is 1. The van der Waals surface area contributed by atoms with Gasteiger partial charge in [-0.15, -0.1) is 0 Å². The number of fused-ring (bicyclic) bond motifs is 1. The molecule has 1 N–H and O–H groups in total. The van der Waals surface area contributed by atoms with Crippen LogP contribution in [0.25, 0.3) is 10.9 Å². The molecule has 0 atom stereocenters. The Hall–Kier alpha value is -0.800. The topological polar surface area (TPSA) is 17.0 Å². The maximum Gasteiger partial charge on any atom is 0.0494 e. The number of aryl methyl sites for hydroxylation is 2. The Labute approximate surface area is 98.4 Å². The quantitative estimate of drug-likeness (QED) is 0.885. The molecule has 0 aliphatic heterocycles. The predicted molar refractivity (Wildman–Crippen MR) is 68.1 cm³/mol. The van der Waals surface area contributed by atoms with E-state index in [0.29, 0.717) is 0 Å². The largest absolute Gasteiger partial charge is 0.345 e. The average Bonchev–Trinajstić information content (AvgIpc) is 2.44. The Bertz CT molecular complexity index is 500. The number of hydrogen-bond acceptors (Lipinski definition) is 1. The van der Waals surface area contributed by atoms with Gasteiger partial charge >= 0.3 is 0 Å². The van der Waals surface area contributed by atoms with Crippen LogP contribution in [0.2, 0.25) is 0 Å². The molecule has 0 amide bonds. The highest BCUT2D eigenvalue weighted by Gasteiger charge is 2.11. The van der Waals surface area contributed by atoms with Crippen LogP contribution in [-0.2, 0) is 13.6 Å². The van der Waals surface area contributed by atoms with Gasteiger partial charge in [-0.2, -0.15) is 0 Å². The molecule has 2 aromatic rings. The minimum atomic E-state index is 0.880. The van der Waals surface area contributed by atoms with Crippen molar-refractivity contribution < 1.29 is 0 Å². The van der Waals surface area contributed by atoms with E-state index in [-0.39, 0.29) is 0 Å². The van der Waals surface area contributed by atoms with Gasteiger partial charge in [0.1, 0.15) is 0 Å². The summed E-state index contributed by atoms with van der Waals surface area (Å²) in [5, 5.41) is 4.48. The molecular formula is C12H15BrN2. The number of nitrogens with zero attached hydrogens (tertiary/aromatic N) is 1. The summed E-state index contributed by atoms with van der Waals surface area (Å²) in [6, 6.07) is 6.55. The van der Waals surface area contributed by atoms with Crippen molar-refractivity contribution in [2.75, 3.05) is 7.05 Å². The highest BCUT2D eigenvalue weighted by molar-refractivity contribution is 9.10. The summed E-state index contributed by atoms with van der Waals surface area (Å²) >= 11 is 3.67. The second-order valence-electron chi connectivity index (χ2n) is 3.87. The van der Waals surface area contributed by atoms with Crippen molar-refractivity contribution in [2.45, 2.75) is 13.5 Å². The van der Waals surface area contributed by atoms with Gasteiger partial charge in [0.05, 0.1) is 0 Å². The van der Waals surface area contributed by atoms with E-state index in [1.165, 1.54) is 26.6 Å². The van der Waals surface area contributed by atoms with Crippen molar-refractivity contribution in [3.05, 3.63) is 33.9 Å². The van der Waals surface area contributed by atoms with E-state index in [1.54, 1.807) is 0 Å². The highest BCUT2D eigenvalue weighted by Crippen LogP contribution is 2.30. The minimum Gasteiger partial charge on any atom is -0.345 e. The smallest absolute Gasteiger partial charge is 0.0494 e. The van der Waals surface area contributed by atoms with E-state index < -0.39 is 0 Å². The summed E-state index contributed by atoms with van der Waals surface area (Å²) in [4.78, 5) is 0. The van der Waals surface area contributed by atoms with Crippen LogP contribution < -0.4 is 5.32 Å². The third kappa shape index (κ3) is 1.70. The fourth-order valence-corrected chi connectivity index (χ4v) is 2.66. The van der Waals surface area contributed by atoms with E-state index in [1.807, 2.05) is 7.05 Å². The maximum atomic E-state index is 3.67. The molecule has 2 rings (SSSR count). The number of hydrogen-bond donors (Lipinski definition) is 1. The second-order valence-corrected chi connectivity index (χ2v) is 4.66. The molecule has 1 aromatic carbocycles. The van der Waals surface area contributed by atoms with Gasteiger partial charge in [-0.25, -0.2) is 0 Å². The van der Waals surface area contributed by atoms with Crippen molar-refractivity contribution in [2.24, 2.45) is 7.05 Å². The summed E-state index contributed by atoms with van der Waals surface area (Å²) < 4.78 is 3.44. The lowest BCUT2D eigenvalue weighted by Gasteiger charge is -2.03. The molecule has 0 aliphatic carbocycles.